The van der Waals surface area contributed by atoms with Crippen molar-refractivity contribution < 1.29 is 13.6 Å². The van der Waals surface area contributed by atoms with Crippen molar-refractivity contribution in [2.45, 2.75) is 19.5 Å². The Morgan fingerprint density at radius 3 is 2.83 bits per heavy atom. The summed E-state index contributed by atoms with van der Waals surface area (Å²) in [5.74, 6) is -0.366. The van der Waals surface area contributed by atoms with Gasteiger partial charge >= 0.3 is 0 Å². The fraction of sp³-hybridized carbons (Fsp3) is 0.167. The Labute approximate surface area is 143 Å². The van der Waals surface area contributed by atoms with Gasteiger partial charge in [-0.15, -0.1) is 0 Å². The van der Waals surface area contributed by atoms with Crippen LogP contribution < -0.4 is 11.1 Å². The van der Waals surface area contributed by atoms with Crippen molar-refractivity contribution in [1.82, 2.24) is 5.32 Å². The van der Waals surface area contributed by atoms with Crippen LogP contribution in [0.15, 0.2) is 46.9 Å². The monoisotopic (exact) mass is 346 g/mol. The van der Waals surface area contributed by atoms with Gasteiger partial charge in [-0.1, -0.05) is 23.7 Å². The van der Waals surface area contributed by atoms with E-state index >= 15 is 0 Å². The minimum absolute atomic E-state index is 0.191. The Bertz CT molecular complexity index is 907. The van der Waals surface area contributed by atoms with Gasteiger partial charge in [0.2, 0.25) is 5.91 Å². The first-order chi connectivity index (χ1) is 11.4. The highest BCUT2D eigenvalue weighted by Gasteiger charge is 2.13. The number of hydrogen-bond acceptors (Lipinski definition) is 3. The number of amides is 1. The second-order valence-electron chi connectivity index (χ2n) is 5.62. The number of primary amides is 1. The third-order valence-electron chi connectivity index (χ3n) is 3.78. The Morgan fingerprint density at radius 2 is 2.12 bits per heavy atom. The first-order valence-electron chi connectivity index (χ1n) is 7.44. The van der Waals surface area contributed by atoms with Crippen LogP contribution in [0.3, 0.4) is 0 Å². The predicted molar refractivity (Wildman–Crippen MR) is 92.1 cm³/mol. The molecule has 1 amide bonds. The molecule has 0 fully saturated rings. The van der Waals surface area contributed by atoms with Crippen molar-refractivity contribution in [3.05, 3.63) is 58.9 Å². The number of hydrogen-bond donors (Lipinski definition) is 2. The highest BCUT2D eigenvalue weighted by atomic mass is 35.5. The van der Waals surface area contributed by atoms with Crippen molar-refractivity contribution in [2.75, 3.05) is 0 Å². The average molecular weight is 347 g/mol. The first kappa shape index (κ1) is 16.5. The predicted octanol–water partition coefficient (Wildman–Crippen LogP) is 3.86. The van der Waals surface area contributed by atoms with Crippen molar-refractivity contribution in [3.8, 4) is 11.3 Å². The fourth-order valence-electron chi connectivity index (χ4n) is 2.43. The summed E-state index contributed by atoms with van der Waals surface area (Å²) in [6.45, 7) is 1.99. The topological polar surface area (TPSA) is 68.3 Å². The molecule has 3 rings (SSSR count). The van der Waals surface area contributed by atoms with Crippen LogP contribution >= 0.6 is 11.6 Å². The summed E-state index contributed by atoms with van der Waals surface area (Å²) in [6.07, 6.45) is 0. The Hall–Kier alpha value is -2.37. The van der Waals surface area contributed by atoms with E-state index in [-0.39, 0.29) is 5.58 Å². The number of furan rings is 1. The van der Waals surface area contributed by atoms with Crippen LogP contribution in [0.5, 0.6) is 0 Å². The van der Waals surface area contributed by atoms with E-state index in [2.05, 4.69) is 5.32 Å². The molecule has 0 spiro atoms. The van der Waals surface area contributed by atoms with Gasteiger partial charge in [-0.3, -0.25) is 4.79 Å². The molecule has 0 saturated carbocycles. The highest BCUT2D eigenvalue weighted by Crippen LogP contribution is 2.31. The van der Waals surface area contributed by atoms with Gasteiger partial charge < -0.3 is 15.5 Å². The van der Waals surface area contributed by atoms with Gasteiger partial charge in [0, 0.05) is 22.5 Å². The van der Waals surface area contributed by atoms with Crippen molar-refractivity contribution >= 4 is 28.5 Å². The minimum Gasteiger partial charge on any atom is -0.453 e. The van der Waals surface area contributed by atoms with Gasteiger partial charge in [0.25, 0.3) is 0 Å². The van der Waals surface area contributed by atoms with Crippen molar-refractivity contribution in [1.29, 1.82) is 0 Å². The first-order valence-corrected chi connectivity index (χ1v) is 7.82. The summed E-state index contributed by atoms with van der Waals surface area (Å²) in [5.41, 5.74) is 6.87. The smallest absolute Gasteiger partial charge is 0.234 e. The number of halogens is 2. The standard InChI is InChI=1S/C18H16ClFN2O2/c1-10(18(21)23)22-9-11-5-13-8-16(24-17(13)15(20)6-11)12-3-2-4-14(19)7-12/h2-8,10,22H,9H2,1H3,(H2,21,23)/t10-/m0/s1. The molecule has 1 heterocycles. The number of rotatable bonds is 5. The second kappa shape index (κ2) is 6.63. The van der Waals surface area contributed by atoms with E-state index in [0.29, 0.717) is 28.3 Å². The zero-order valence-electron chi connectivity index (χ0n) is 13.0. The summed E-state index contributed by atoms with van der Waals surface area (Å²) in [4.78, 5) is 11.0. The quantitative estimate of drug-likeness (QED) is 0.737. The lowest BCUT2D eigenvalue weighted by Gasteiger charge is -2.09. The molecular weight excluding hydrogens is 331 g/mol. The van der Waals surface area contributed by atoms with Crippen LogP contribution in [-0.2, 0) is 11.3 Å². The normalized spacial score (nSPS) is 12.5. The molecule has 0 unspecified atom stereocenters. The van der Waals surface area contributed by atoms with Crippen molar-refractivity contribution in [2.24, 2.45) is 5.73 Å². The van der Waals surface area contributed by atoms with E-state index in [4.69, 9.17) is 21.8 Å². The number of nitrogens with one attached hydrogen (secondary N) is 1. The molecule has 124 valence electrons. The molecule has 3 N–H and O–H groups in total. The molecule has 3 aromatic rings. The molecule has 0 bridgehead atoms. The highest BCUT2D eigenvalue weighted by molar-refractivity contribution is 6.30. The Kier molecular flexibility index (Phi) is 4.55. The maximum Gasteiger partial charge on any atom is 0.234 e. The van der Waals surface area contributed by atoms with E-state index in [1.54, 1.807) is 25.1 Å². The van der Waals surface area contributed by atoms with E-state index < -0.39 is 17.8 Å². The maximum absolute atomic E-state index is 14.3. The Balaban J connectivity index is 1.92. The summed E-state index contributed by atoms with van der Waals surface area (Å²) < 4.78 is 19.9. The van der Waals surface area contributed by atoms with E-state index in [1.165, 1.54) is 6.07 Å². The number of carbonyl (C=O) groups is 1. The average Bonchev–Trinajstić information content (AvgIpc) is 2.97. The van der Waals surface area contributed by atoms with Crippen LogP contribution in [0, 0.1) is 5.82 Å². The molecule has 0 saturated heterocycles. The van der Waals surface area contributed by atoms with Crippen molar-refractivity contribution in [3.63, 3.8) is 0 Å². The molecule has 24 heavy (non-hydrogen) atoms. The number of fused-ring (bicyclic) bond motifs is 1. The van der Waals surface area contributed by atoms with Crippen LogP contribution in [-0.4, -0.2) is 11.9 Å². The number of nitrogens with two attached hydrogens (primary N) is 1. The minimum atomic E-state index is -0.491. The van der Waals surface area contributed by atoms with Gasteiger partial charge in [0.05, 0.1) is 6.04 Å². The lowest BCUT2D eigenvalue weighted by Crippen LogP contribution is -2.38. The molecule has 2 aromatic carbocycles. The summed E-state index contributed by atoms with van der Waals surface area (Å²) >= 11 is 5.98. The fourth-order valence-corrected chi connectivity index (χ4v) is 2.62. The number of carbonyl (C=O) groups excluding carboxylic acids is 1. The summed E-state index contributed by atoms with van der Waals surface area (Å²) in [5, 5.41) is 4.18. The molecule has 1 atom stereocenters. The lowest BCUT2D eigenvalue weighted by atomic mass is 10.1. The van der Waals surface area contributed by atoms with Gasteiger partial charge in [-0.25, -0.2) is 4.39 Å². The van der Waals surface area contributed by atoms with Gasteiger partial charge in [-0.2, -0.15) is 0 Å². The third kappa shape index (κ3) is 3.42. The molecule has 0 aliphatic carbocycles. The molecule has 0 aliphatic rings. The van der Waals surface area contributed by atoms with E-state index in [9.17, 15) is 9.18 Å². The summed E-state index contributed by atoms with van der Waals surface area (Å²) in [6, 6.07) is 11.7. The summed E-state index contributed by atoms with van der Waals surface area (Å²) in [7, 11) is 0. The van der Waals surface area contributed by atoms with Gasteiger partial charge in [-0.05, 0) is 42.8 Å². The lowest BCUT2D eigenvalue weighted by molar-refractivity contribution is -0.119. The van der Waals surface area contributed by atoms with Crippen LogP contribution in [0.2, 0.25) is 5.02 Å². The maximum atomic E-state index is 14.3. The van der Waals surface area contributed by atoms with Crippen LogP contribution in [0.25, 0.3) is 22.3 Å². The van der Waals surface area contributed by atoms with Crippen LogP contribution in [0.1, 0.15) is 12.5 Å². The SMILES string of the molecule is C[C@H](NCc1cc(F)c2oc(-c3cccc(Cl)c3)cc2c1)C(N)=O. The van der Waals surface area contributed by atoms with Gasteiger partial charge in [0.1, 0.15) is 5.76 Å². The number of benzene rings is 2. The molecule has 4 nitrogen and oxygen atoms in total. The second-order valence-corrected chi connectivity index (χ2v) is 6.06. The molecule has 0 radical (unpaired) electrons. The third-order valence-corrected chi connectivity index (χ3v) is 4.01. The largest absolute Gasteiger partial charge is 0.453 e. The molecule has 1 aromatic heterocycles. The van der Waals surface area contributed by atoms with E-state index in [0.717, 1.165) is 5.56 Å². The Morgan fingerprint density at radius 1 is 1.33 bits per heavy atom. The molecular formula is C18H16ClFN2O2. The van der Waals surface area contributed by atoms with E-state index in [1.807, 2.05) is 18.2 Å². The van der Waals surface area contributed by atoms with Crippen LogP contribution in [0.4, 0.5) is 4.39 Å². The van der Waals surface area contributed by atoms with Gasteiger partial charge in [0.15, 0.2) is 11.4 Å². The molecule has 6 heteroatoms. The zero-order chi connectivity index (χ0) is 17.3. The molecule has 0 aliphatic heterocycles. The zero-order valence-corrected chi connectivity index (χ0v) is 13.7.